The molecule has 0 aliphatic carbocycles. The summed E-state index contributed by atoms with van der Waals surface area (Å²) in [6, 6.07) is 27.7. The zero-order valence-electron chi connectivity index (χ0n) is 24.3. The lowest BCUT2D eigenvalue weighted by molar-refractivity contribution is 0.230. The predicted molar refractivity (Wildman–Crippen MR) is 171 cm³/mol. The van der Waals surface area contributed by atoms with Crippen molar-refractivity contribution in [3.8, 4) is 0 Å². The van der Waals surface area contributed by atoms with Gasteiger partial charge in [-0.1, -0.05) is 48.6 Å². The molecule has 2 unspecified atom stereocenters. The monoisotopic (exact) mass is 608 g/mol. The van der Waals surface area contributed by atoms with E-state index in [-0.39, 0.29) is 0 Å². The Kier molecular flexibility index (Phi) is 4.77. The molecule has 2 bridgehead atoms. The van der Waals surface area contributed by atoms with Gasteiger partial charge in [0.05, 0.1) is 0 Å². The van der Waals surface area contributed by atoms with Crippen LogP contribution in [0.4, 0.5) is 0 Å². The summed E-state index contributed by atoms with van der Waals surface area (Å²) in [5, 5.41) is 0. The number of rotatable bonds is 4. The Balaban J connectivity index is 1.31. The van der Waals surface area contributed by atoms with Crippen molar-refractivity contribution in [2.45, 2.75) is 35.2 Å². The van der Waals surface area contributed by atoms with Gasteiger partial charge < -0.3 is 17.7 Å². The third kappa shape index (κ3) is 3.28. The molecule has 4 aromatic carbocycles. The average Bonchev–Trinajstić information content (AvgIpc) is 3.88. The summed E-state index contributed by atoms with van der Waals surface area (Å²) < 4.78 is 24.8. The van der Waals surface area contributed by atoms with E-state index >= 15 is 0 Å². The van der Waals surface area contributed by atoms with E-state index in [1.807, 2.05) is 98.8 Å². The van der Waals surface area contributed by atoms with E-state index in [0.717, 1.165) is 38.8 Å². The van der Waals surface area contributed by atoms with Crippen LogP contribution in [0.25, 0.3) is 44.4 Å². The van der Waals surface area contributed by atoms with Gasteiger partial charge in [0.15, 0.2) is 27.7 Å². The number of thioether (sulfide) groups is 1. The molecular weight excluding hydrogens is 584 g/mol. The zero-order valence-corrected chi connectivity index (χ0v) is 25.1. The number of oxazole rings is 4. The van der Waals surface area contributed by atoms with Crippen LogP contribution in [0.15, 0.2) is 115 Å². The number of para-hydroxylation sites is 4. The molecule has 0 radical (unpaired) electrons. The fraction of sp³-hybridized carbons (Fsp3) is 0.167. The molecule has 218 valence electrons. The smallest absolute Gasteiger partial charge is 0.217 e. The minimum Gasteiger partial charge on any atom is -0.439 e. The van der Waals surface area contributed by atoms with Crippen molar-refractivity contribution < 1.29 is 17.7 Å². The Labute approximate surface area is 260 Å². The van der Waals surface area contributed by atoms with Gasteiger partial charge >= 0.3 is 0 Å². The van der Waals surface area contributed by atoms with Crippen LogP contribution in [0.3, 0.4) is 0 Å². The number of aryl methyl sites for hydroxylation is 2. The SMILES string of the molecule is Cc1ccc2oc(C3(c4nc5cc(C)ccc5o4)CC4(c5nc6ccccc6o5)C=CC3(c3nc5ccccc5o3)S4)nc2c1. The maximum absolute atomic E-state index is 6.72. The molecule has 45 heavy (non-hydrogen) atoms. The highest BCUT2D eigenvalue weighted by Gasteiger charge is 2.76. The molecule has 2 aliphatic rings. The van der Waals surface area contributed by atoms with Crippen molar-refractivity contribution in [2.24, 2.45) is 0 Å². The maximum atomic E-state index is 6.72. The van der Waals surface area contributed by atoms with Gasteiger partial charge in [-0.25, -0.2) is 19.9 Å². The van der Waals surface area contributed by atoms with Crippen LogP contribution >= 0.6 is 11.8 Å². The molecule has 1 fully saturated rings. The number of aromatic nitrogens is 4. The van der Waals surface area contributed by atoms with Crippen molar-refractivity contribution in [3.05, 3.63) is 132 Å². The molecule has 1 saturated heterocycles. The van der Waals surface area contributed by atoms with Crippen LogP contribution in [-0.2, 0) is 14.9 Å². The van der Waals surface area contributed by atoms with Crippen molar-refractivity contribution >= 4 is 56.2 Å². The third-order valence-electron chi connectivity index (χ3n) is 9.18. The summed E-state index contributed by atoms with van der Waals surface area (Å²) in [6.45, 7) is 4.09. The minimum absolute atomic E-state index is 0.435. The predicted octanol–water partition coefficient (Wildman–Crippen LogP) is 8.65. The molecule has 2 atom stereocenters. The van der Waals surface area contributed by atoms with Gasteiger partial charge in [-0.3, -0.25) is 0 Å². The second kappa shape index (κ2) is 8.51. The van der Waals surface area contributed by atoms with Gasteiger partial charge in [-0.2, -0.15) is 0 Å². The Bertz CT molecular complexity index is 2370. The Morgan fingerprint density at radius 3 is 1.62 bits per heavy atom. The summed E-state index contributed by atoms with van der Waals surface area (Å²) >= 11 is 1.66. The van der Waals surface area contributed by atoms with Gasteiger partial charge in [-0.05, 0) is 79.9 Å². The van der Waals surface area contributed by atoms with Gasteiger partial charge in [0.2, 0.25) is 23.6 Å². The first kappa shape index (κ1) is 25.2. The number of nitrogens with zero attached hydrogens (tertiary/aromatic N) is 4. The van der Waals surface area contributed by atoms with Crippen molar-refractivity contribution in [3.63, 3.8) is 0 Å². The number of hydrogen-bond acceptors (Lipinski definition) is 9. The highest BCUT2D eigenvalue weighted by Crippen LogP contribution is 2.75. The summed E-state index contributed by atoms with van der Waals surface area (Å²) in [7, 11) is 0. The molecule has 0 saturated carbocycles. The standard InChI is InChI=1S/C36H24N4O4S/c1-20-11-13-28-24(17-20)39-31(42-28)35(32-40-25-18-21(2)12-14-29(25)43-32)19-34(30-37-22-7-3-5-9-26(22)41-30)15-16-36(35,45-34)33-38-23-8-4-6-10-27(23)44-33/h3-18H,19H2,1-2H3. The molecule has 0 spiro atoms. The van der Waals surface area contributed by atoms with Crippen molar-refractivity contribution in [2.75, 3.05) is 0 Å². The fourth-order valence-corrected chi connectivity index (χ4v) is 8.94. The summed E-state index contributed by atoms with van der Waals surface area (Å²) in [5.41, 5.74) is 6.95. The Hall–Kier alpha value is -5.15. The normalized spacial score (nSPS) is 22.1. The third-order valence-corrected chi connectivity index (χ3v) is 11.0. The topological polar surface area (TPSA) is 104 Å². The van der Waals surface area contributed by atoms with E-state index in [2.05, 4.69) is 12.2 Å². The molecule has 6 heterocycles. The molecule has 0 amide bonds. The van der Waals surface area contributed by atoms with Crippen LogP contribution in [0.1, 0.15) is 41.1 Å². The fourth-order valence-electron chi connectivity index (χ4n) is 7.03. The van der Waals surface area contributed by atoms with Crippen LogP contribution in [0.2, 0.25) is 0 Å². The Morgan fingerprint density at radius 2 is 1.02 bits per heavy atom. The van der Waals surface area contributed by atoms with Gasteiger partial charge in [0.1, 0.15) is 31.6 Å². The van der Waals surface area contributed by atoms with E-state index in [4.69, 9.17) is 37.6 Å². The van der Waals surface area contributed by atoms with E-state index < -0.39 is 14.9 Å². The van der Waals surface area contributed by atoms with Crippen LogP contribution in [0, 0.1) is 13.8 Å². The second-order valence-electron chi connectivity index (χ2n) is 12.1. The molecule has 0 N–H and O–H groups in total. The van der Waals surface area contributed by atoms with E-state index in [1.165, 1.54) is 0 Å². The van der Waals surface area contributed by atoms with Crippen molar-refractivity contribution in [1.82, 2.24) is 19.9 Å². The first-order chi connectivity index (χ1) is 21.9. The molecule has 10 rings (SSSR count). The largest absolute Gasteiger partial charge is 0.439 e. The van der Waals surface area contributed by atoms with Crippen molar-refractivity contribution in [1.29, 1.82) is 0 Å². The van der Waals surface area contributed by atoms with Crippen LogP contribution in [-0.4, -0.2) is 19.9 Å². The van der Waals surface area contributed by atoms with Crippen LogP contribution in [0.5, 0.6) is 0 Å². The summed E-state index contributed by atoms with van der Waals surface area (Å²) in [5.74, 6) is 2.05. The molecule has 9 heteroatoms. The van der Waals surface area contributed by atoms with E-state index in [1.54, 1.807) is 11.8 Å². The molecule has 2 aliphatic heterocycles. The molecule has 4 aromatic heterocycles. The Morgan fingerprint density at radius 1 is 0.533 bits per heavy atom. The second-order valence-corrected chi connectivity index (χ2v) is 13.7. The zero-order chi connectivity index (χ0) is 30.0. The van der Waals surface area contributed by atoms with E-state index in [0.29, 0.717) is 46.7 Å². The number of benzene rings is 4. The van der Waals surface area contributed by atoms with Gasteiger partial charge in [0.25, 0.3) is 0 Å². The average molecular weight is 609 g/mol. The minimum atomic E-state index is -1.09. The first-order valence-corrected chi connectivity index (χ1v) is 15.6. The quantitative estimate of drug-likeness (QED) is 0.182. The van der Waals surface area contributed by atoms with E-state index in [9.17, 15) is 0 Å². The lowest BCUT2D eigenvalue weighted by atomic mass is 9.65. The molecule has 8 nitrogen and oxygen atoms in total. The molecular formula is C36H24N4O4S. The van der Waals surface area contributed by atoms with Gasteiger partial charge in [-0.15, -0.1) is 11.8 Å². The van der Waals surface area contributed by atoms with Crippen LogP contribution < -0.4 is 0 Å². The highest BCUT2D eigenvalue weighted by atomic mass is 32.2. The first-order valence-electron chi connectivity index (χ1n) is 14.8. The summed E-state index contributed by atoms with van der Waals surface area (Å²) in [6.07, 6.45) is 4.74. The maximum Gasteiger partial charge on any atom is 0.217 e. The number of fused-ring (bicyclic) bond motifs is 6. The number of hydrogen-bond donors (Lipinski definition) is 0. The molecule has 8 aromatic rings. The van der Waals surface area contributed by atoms with Gasteiger partial charge in [0, 0.05) is 0 Å². The lowest BCUT2D eigenvalue weighted by Gasteiger charge is -2.36. The highest BCUT2D eigenvalue weighted by molar-refractivity contribution is 8.02. The summed E-state index contributed by atoms with van der Waals surface area (Å²) in [4.78, 5) is 20.4. The lowest BCUT2D eigenvalue weighted by Crippen LogP contribution is -2.45.